The fourth-order valence-corrected chi connectivity index (χ4v) is 3.92. The van der Waals surface area contributed by atoms with Gasteiger partial charge < -0.3 is 25.5 Å². The third-order valence-corrected chi connectivity index (χ3v) is 5.04. The molecule has 4 N–H and O–H groups in total. The van der Waals surface area contributed by atoms with Crippen LogP contribution in [-0.4, -0.2) is 22.2 Å². The highest BCUT2D eigenvalue weighted by Gasteiger charge is 2.58. The lowest BCUT2D eigenvalue weighted by molar-refractivity contribution is -0.118. The molecule has 0 fully saturated rings. The number of pyridine rings is 1. The van der Waals surface area contributed by atoms with Crippen molar-refractivity contribution >= 4 is 11.6 Å². The van der Waals surface area contributed by atoms with E-state index in [2.05, 4.69) is 5.32 Å². The number of amides is 1. The van der Waals surface area contributed by atoms with E-state index < -0.39 is 16.9 Å². The van der Waals surface area contributed by atoms with E-state index in [1.54, 1.807) is 37.3 Å². The number of carbonyl (C=O) groups is 1. The first kappa shape index (κ1) is 16.9. The van der Waals surface area contributed by atoms with Crippen molar-refractivity contribution in [1.82, 2.24) is 4.57 Å². The summed E-state index contributed by atoms with van der Waals surface area (Å²) in [6.07, 6.45) is 0. The van der Waals surface area contributed by atoms with Crippen LogP contribution in [0.1, 0.15) is 16.8 Å². The Hall–Kier alpha value is -3.57. The van der Waals surface area contributed by atoms with E-state index in [4.69, 9.17) is 10.5 Å². The molecule has 1 atom stereocenters. The van der Waals surface area contributed by atoms with Crippen LogP contribution in [0.15, 0.2) is 46.6 Å². The van der Waals surface area contributed by atoms with Gasteiger partial charge in [0, 0.05) is 29.6 Å². The van der Waals surface area contributed by atoms with Crippen LogP contribution >= 0.6 is 0 Å². The van der Waals surface area contributed by atoms with Gasteiger partial charge in [0.25, 0.3) is 5.56 Å². The number of hydrogen-bond acceptors (Lipinski definition) is 6. The molecule has 3 heterocycles. The maximum absolute atomic E-state index is 13.3. The summed E-state index contributed by atoms with van der Waals surface area (Å²) in [4.78, 5) is 26.5. The number of aromatic nitrogens is 1. The highest BCUT2D eigenvalue weighted by molar-refractivity contribution is 6.12. The number of rotatable bonds is 2. The molecule has 1 unspecified atom stereocenters. The average Bonchev–Trinajstić information content (AvgIpc) is 2.91. The summed E-state index contributed by atoms with van der Waals surface area (Å²) in [7, 11) is 0. The van der Waals surface area contributed by atoms with Crippen molar-refractivity contribution in [3.8, 4) is 11.8 Å². The molecule has 8 heteroatoms. The van der Waals surface area contributed by atoms with E-state index in [0.29, 0.717) is 16.9 Å². The van der Waals surface area contributed by atoms with Crippen molar-refractivity contribution in [3.05, 3.63) is 69.0 Å². The molecule has 27 heavy (non-hydrogen) atoms. The third kappa shape index (κ3) is 2.00. The van der Waals surface area contributed by atoms with Crippen LogP contribution < -0.4 is 21.3 Å². The number of ether oxygens (including phenoxy) is 1. The summed E-state index contributed by atoms with van der Waals surface area (Å²) in [5, 5.41) is 21.8. The molecule has 8 nitrogen and oxygen atoms in total. The number of aryl methyl sites for hydroxylation is 1. The Bertz CT molecular complexity index is 1130. The van der Waals surface area contributed by atoms with E-state index in [-0.39, 0.29) is 35.9 Å². The van der Waals surface area contributed by atoms with Gasteiger partial charge in [-0.05, 0) is 13.0 Å². The maximum Gasteiger partial charge on any atom is 0.259 e. The number of hydrogen-bond donors (Lipinski definition) is 3. The average molecular weight is 364 g/mol. The summed E-state index contributed by atoms with van der Waals surface area (Å²) >= 11 is 0. The van der Waals surface area contributed by atoms with Crippen LogP contribution in [0, 0.1) is 18.3 Å². The summed E-state index contributed by atoms with van der Waals surface area (Å²) in [5.41, 5.74) is 5.19. The molecule has 1 aromatic carbocycles. The number of benzene rings is 1. The molecule has 1 spiro atoms. The molecule has 0 aliphatic carbocycles. The van der Waals surface area contributed by atoms with Gasteiger partial charge in [0.1, 0.15) is 17.4 Å². The van der Waals surface area contributed by atoms with Gasteiger partial charge >= 0.3 is 0 Å². The van der Waals surface area contributed by atoms with Crippen molar-refractivity contribution in [1.29, 1.82) is 5.26 Å². The number of nitriles is 1. The Balaban J connectivity index is 2.19. The molecule has 1 amide bonds. The second-order valence-corrected chi connectivity index (χ2v) is 6.41. The number of nitrogens with two attached hydrogens (primary N) is 1. The molecule has 0 saturated heterocycles. The minimum absolute atomic E-state index is 0.0229. The Morgan fingerprint density at radius 2 is 2.11 bits per heavy atom. The highest BCUT2D eigenvalue weighted by atomic mass is 16.5. The highest BCUT2D eigenvalue weighted by Crippen LogP contribution is 2.51. The van der Waals surface area contributed by atoms with Gasteiger partial charge in [-0.3, -0.25) is 9.59 Å². The standard InChI is InChI=1S/C19H16N4O4/c1-10-8-14-15(17(25)23(10)6-7-24)19(12(9-20)16(21)27-14)11-4-2-3-5-13(11)22-18(19)26/h2-5,8,24H,6-7,21H2,1H3,(H,22,26). The first-order chi connectivity index (χ1) is 13.0. The number of para-hydroxylation sites is 1. The summed E-state index contributed by atoms with van der Waals surface area (Å²) < 4.78 is 6.92. The zero-order chi connectivity index (χ0) is 19.3. The zero-order valence-electron chi connectivity index (χ0n) is 14.4. The van der Waals surface area contributed by atoms with E-state index in [9.17, 15) is 20.0 Å². The molecule has 0 radical (unpaired) electrons. The topological polar surface area (TPSA) is 130 Å². The quantitative estimate of drug-likeness (QED) is 0.710. The third-order valence-electron chi connectivity index (χ3n) is 5.04. The largest absolute Gasteiger partial charge is 0.440 e. The van der Waals surface area contributed by atoms with Crippen molar-refractivity contribution in [2.75, 3.05) is 11.9 Å². The molecule has 2 aromatic rings. The van der Waals surface area contributed by atoms with Crippen LogP contribution in [0.4, 0.5) is 5.69 Å². The molecule has 4 rings (SSSR count). The lowest BCUT2D eigenvalue weighted by atomic mass is 9.69. The fourth-order valence-electron chi connectivity index (χ4n) is 3.92. The Morgan fingerprint density at radius 1 is 1.37 bits per heavy atom. The number of nitrogens with zero attached hydrogens (tertiary/aromatic N) is 2. The first-order valence-electron chi connectivity index (χ1n) is 8.31. The second-order valence-electron chi connectivity index (χ2n) is 6.41. The van der Waals surface area contributed by atoms with E-state index in [0.717, 1.165) is 0 Å². The predicted octanol–water partition coefficient (Wildman–Crippen LogP) is 0.473. The second kappa shape index (κ2) is 5.72. The van der Waals surface area contributed by atoms with Crippen LogP contribution in [0.2, 0.25) is 0 Å². The lowest BCUT2D eigenvalue weighted by Crippen LogP contribution is -2.47. The maximum atomic E-state index is 13.3. The van der Waals surface area contributed by atoms with Crippen LogP contribution in [0.3, 0.4) is 0 Å². The predicted molar refractivity (Wildman–Crippen MR) is 95.8 cm³/mol. The number of fused-ring (bicyclic) bond motifs is 4. The number of anilines is 1. The molecule has 2 aliphatic rings. The monoisotopic (exact) mass is 364 g/mol. The number of carbonyl (C=O) groups excluding carboxylic acids is 1. The van der Waals surface area contributed by atoms with Crippen molar-refractivity contribution < 1.29 is 14.6 Å². The molecule has 2 aliphatic heterocycles. The van der Waals surface area contributed by atoms with Gasteiger partial charge in [-0.25, -0.2) is 0 Å². The summed E-state index contributed by atoms with van der Waals surface area (Å²) in [5.74, 6) is -0.616. The van der Waals surface area contributed by atoms with E-state index in [1.165, 1.54) is 4.57 Å². The molecule has 0 bridgehead atoms. The van der Waals surface area contributed by atoms with Gasteiger partial charge in [-0.2, -0.15) is 5.26 Å². The van der Waals surface area contributed by atoms with Crippen molar-refractivity contribution in [2.24, 2.45) is 5.73 Å². The SMILES string of the molecule is Cc1cc2c(c(=O)n1CCO)C1(C(=O)Nc3ccccc31)C(C#N)=C(N)O2. The van der Waals surface area contributed by atoms with Gasteiger partial charge in [-0.1, -0.05) is 18.2 Å². The van der Waals surface area contributed by atoms with Crippen molar-refractivity contribution in [2.45, 2.75) is 18.9 Å². The minimum atomic E-state index is -1.69. The minimum Gasteiger partial charge on any atom is -0.440 e. The number of nitrogens with one attached hydrogen (secondary N) is 1. The molecular weight excluding hydrogens is 348 g/mol. The van der Waals surface area contributed by atoms with E-state index >= 15 is 0 Å². The van der Waals surface area contributed by atoms with Crippen LogP contribution in [-0.2, 0) is 16.8 Å². The molecular formula is C19H16N4O4. The van der Waals surface area contributed by atoms with Gasteiger partial charge in [0.15, 0.2) is 5.41 Å². The fraction of sp³-hybridized carbons (Fsp3) is 0.211. The normalized spacial score (nSPS) is 20.0. The number of aliphatic hydroxyl groups is 1. The summed E-state index contributed by atoms with van der Waals surface area (Å²) in [6, 6.07) is 10.4. The van der Waals surface area contributed by atoms with Gasteiger partial charge in [0.05, 0.1) is 12.2 Å². The first-order valence-corrected chi connectivity index (χ1v) is 8.31. The van der Waals surface area contributed by atoms with Crippen molar-refractivity contribution in [3.63, 3.8) is 0 Å². The Labute approximate surface area is 154 Å². The Morgan fingerprint density at radius 3 is 2.81 bits per heavy atom. The van der Waals surface area contributed by atoms with Crippen LogP contribution in [0.25, 0.3) is 0 Å². The van der Waals surface area contributed by atoms with E-state index in [1.807, 2.05) is 6.07 Å². The molecule has 136 valence electrons. The molecule has 0 saturated carbocycles. The zero-order valence-corrected chi connectivity index (χ0v) is 14.4. The number of aliphatic hydroxyl groups excluding tert-OH is 1. The van der Waals surface area contributed by atoms with Gasteiger partial charge in [0.2, 0.25) is 11.8 Å². The van der Waals surface area contributed by atoms with Crippen LogP contribution in [0.5, 0.6) is 5.75 Å². The van der Waals surface area contributed by atoms with Gasteiger partial charge in [-0.15, -0.1) is 0 Å². The smallest absolute Gasteiger partial charge is 0.259 e. The summed E-state index contributed by atoms with van der Waals surface area (Å²) in [6.45, 7) is 1.49. The Kier molecular flexibility index (Phi) is 3.58. The molecule has 1 aromatic heterocycles. The lowest BCUT2D eigenvalue weighted by Gasteiger charge is -2.33.